The molecule has 0 saturated carbocycles. The second-order valence-electron chi connectivity index (χ2n) is 4.31. The van der Waals surface area contributed by atoms with Gasteiger partial charge in [0.1, 0.15) is 0 Å². The normalized spacial score (nSPS) is 14.8. The van der Waals surface area contributed by atoms with E-state index in [0.29, 0.717) is 17.0 Å². The molecular formula is C14H9N3O3. The van der Waals surface area contributed by atoms with Crippen LogP contribution in [0.25, 0.3) is 0 Å². The number of hydrogen-bond acceptors (Lipinski definition) is 5. The predicted molar refractivity (Wildman–Crippen MR) is 69.3 cm³/mol. The largest absolute Gasteiger partial charge is 0.440 e. The van der Waals surface area contributed by atoms with Gasteiger partial charge in [0.05, 0.1) is 21.2 Å². The Balaban J connectivity index is 2.35. The molecule has 6 nitrogen and oxygen atoms in total. The Labute approximate surface area is 113 Å². The van der Waals surface area contributed by atoms with Gasteiger partial charge in [0, 0.05) is 5.56 Å². The molecular weight excluding hydrogens is 258 g/mol. The van der Waals surface area contributed by atoms with Crippen LogP contribution in [0.15, 0.2) is 58.5 Å². The van der Waals surface area contributed by atoms with Crippen molar-refractivity contribution >= 4 is 6.29 Å². The monoisotopic (exact) mass is 267 g/mol. The zero-order valence-corrected chi connectivity index (χ0v) is 10.3. The summed E-state index contributed by atoms with van der Waals surface area (Å²) in [5.74, 6) is -1.97. The van der Waals surface area contributed by atoms with Crippen molar-refractivity contribution in [2.75, 3.05) is 0 Å². The molecule has 3 rings (SSSR count). The quantitative estimate of drug-likeness (QED) is 0.469. The molecule has 0 atom stereocenters. The SMILES string of the molecule is O=Cc1ccccc1C1([N+](=O)[O-])N=c2ccccc2=N1. The smallest absolute Gasteiger partial charge is 0.298 e. The number of nitro groups is 1. The van der Waals surface area contributed by atoms with Crippen LogP contribution in [0.3, 0.4) is 0 Å². The van der Waals surface area contributed by atoms with Gasteiger partial charge in [-0.1, -0.05) is 30.3 Å². The van der Waals surface area contributed by atoms with Gasteiger partial charge in [-0.25, -0.2) is 0 Å². The lowest BCUT2D eigenvalue weighted by Gasteiger charge is -2.15. The first-order valence-electron chi connectivity index (χ1n) is 5.91. The van der Waals surface area contributed by atoms with Crippen molar-refractivity contribution in [2.45, 2.75) is 5.79 Å². The first-order chi connectivity index (χ1) is 9.67. The molecule has 6 heteroatoms. The van der Waals surface area contributed by atoms with E-state index in [1.807, 2.05) is 0 Å². The molecule has 1 aliphatic rings. The molecule has 0 amide bonds. The van der Waals surface area contributed by atoms with Gasteiger partial charge in [-0.3, -0.25) is 14.9 Å². The first-order valence-corrected chi connectivity index (χ1v) is 5.91. The maximum Gasteiger partial charge on any atom is 0.440 e. The topological polar surface area (TPSA) is 84.9 Å². The van der Waals surface area contributed by atoms with Crippen LogP contribution in [-0.2, 0) is 5.79 Å². The van der Waals surface area contributed by atoms with Crippen molar-refractivity contribution in [3.05, 3.63) is 80.5 Å². The number of carbonyl (C=O) groups is 1. The highest BCUT2D eigenvalue weighted by molar-refractivity contribution is 5.77. The Morgan fingerprint density at radius 2 is 1.55 bits per heavy atom. The number of aldehydes is 1. The third kappa shape index (κ3) is 1.62. The lowest BCUT2D eigenvalue weighted by Crippen LogP contribution is -2.31. The minimum absolute atomic E-state index is 0.177. The molecule has 1 aliphatic heterocycles. The van der Waals surface area contributed by atoms with Gasteiger partial charge in [-0.15, -0.1) is 0 Å². The summed E-state index contributed by atoms with van der Waals surface area (Å²) in [5, 5.41) is 12.5. The van der Waals surface area contributed by atoms with E-state index in [1.165, 1.54) is 12.1 Å². The lowest BCUT2D eigenvalue weighted by molar-refractivity contribution is -0.575. The number of carbonyl (C=O) groups excluding carboxylic acids is 1. The number of fused-ring (bicyclic) bond motifs is 1. The molecule has 0 aliphatic carbocycles. The zero-order valence-electron chi connectivity index (χ0n) is 10.3. The molecule has 0 aromatic heterocycles. The summed E-state index contributed by atoms with van der Waals surface area (Å²) in [6.07, 6.45) is 0.578. The minimum atomic E-state index is -1.97. The molecule has 0 fully saturated rings. The van der Waals surface area contributed by atoms with Gasteiger partial charge in [-0.2, -0.15) is 9.98 Å². The minimum Gasteiger partial charge on any atom is -0.298 e. The number of para-hydroxylation sites is 2. The van der Waals surface area contributed by atoms with Crippen molar-refractivity contribution in [1.82, 2.24) is 0 Å². The average molecular weight is 267 g/mol. The summed E-state index contributed by atoms with van der Waals surface area (Å²) in [6.45, 7) is 0. The summed E-state index contributed by atoms with van der Waals surface area (Å²) in [5.41, 5.74) is 0.390. The third-order valence-corrected chi connectivity index (χ3v) is 3.14. The summed E-state index contributed by atoms with van der Waals surface area (Å²) >= 11 is 0. The zero-order chi connectivity index (χ0) is 14.2. The highest BCUT2D eigenvalue weighted by Gasteiger charge is 2.48. The summed E-state index contributed by atoms with van der Waals surface area (Å²) in [4.78, 5) is 30.4. The van der Waals surface area contributed by atoms with Gasteiger partial charge in [0.25, 0.3) is 0 Å². The average Bonchev–Trinajstić information content (AvgIpc) is 2.87. The van der Waals surface area contributed by atoms with Crippen molar-refractivity contribution in [3.8, 4) is 0 Å². The number of benzene rings is 2. The standard InChI is InChI=1S/C14H9N3O3/c18-9-10-5-1-2-6-11(10)14(17(19)20)15-12-7-3-4-8-13(12)16-14/h1-9H. The Kier molecular flexibility index (Phi) is 2.64. The second-order valence-corrected chi connectivity index (χ2v) is 4.31. The molecule has 0 bridgehead atoms. The molecule has 0 radical (unpaired) electrons. The van der Waals surface area contributed by atoms with E-state index in [4.69, 9.17) is 0 Å². The van der Waals surface area contributed by atoms with E-state index in [9.17, 15) is 14.9 Å². The summed E-state index contributed by atoms with van der Waals surface area (Å²) in [6, 6.07) is 13.1. The van der Waals surface area contributed by atoms with E-state index >= 15 is 0 Å². The van der Waals surface area contributed by atoms with E-state index in [2.05, 4.69) is 9.98 Å². The van der Waals surface area contributed by atoms with Gasteiger partial charge >= 0.3 is 5.79 Å². The van der Waals surface area contributed by atoms with Gasteiger partial charge < -0.3 is 0 Å². The van der Waals surface area contributed by atoms with E-state index in [1.54, 1.807) is 36.4 Å². The van der Waals surface area contributed by atoms with Crippen LogP contribution >= 0.6 is 0 Å². The van der Waals surface area contributed by atoms with Crippen molar-refractivity contribution in [1.29, 1.82) is 0 Å². The highest BCUT2D eigenvalue weighted by Crippen LogP contribution is 2.30. The van der Waals surface area contributed by atoms with Crippen molar-refractivity contribution in [3.63, 3.8) is 0 Å². The van der Waals surface area contributed by atoms with Gasteiger partial charge in [0.15, 0.2) is 6.29 Å². The maximum absolute atomic E-state index is 11.6. The fourth-order valence-electron chi connectivity index (χ4n) is 2.22. The Morgan fingerprint density at radius 1 is 1.00 bits per heavy atom. The predicted octanol–water partition coefficient (Wildman–Crippen LogP) is 0.839. The van der Waals surface area contributed by atoms with Crippen molar-refractivity contribution in [2.24, 2.45) is 9.98 Å². The van der Waals surface area contributed by atoms with Crippen LogP contribution in [0.5, 0.6) is 0 Å². The number of hydrogen-bond donors (Lipinski definition) is 0. The molecule has 2 aromatic rings. The van der Waals surface area contributed by atoms with Crippen LogP contribution in [0, 0.1) is 10.1 Å². The Morgan fingerprint density at radius 3 is 2.10 bits per heavy atom. The second kappa shape index (κ2) is 4.34. The maximum atomic E-state index is 11.6. The molecule has 0 spiro atoms. The van der Waals surface area contributed by atoms with Crippen LogP contribution < -0.4 is 10.7 Å². The van der Waals surface area contributed by atoms with Crippen LogP contribution in [-0.4, -0.2) is 11.2 Å². The number of rotatable bonds is 3. The van der Waals surface area contributed by atoms with Crippen molar-refractivity contribution < 1.29 is 9.72 Å². The van der Waals surface area contributed by atoms with Gasteiger partial charge in [0.2, 0.25) is 0 Å². The molecule has 0 saturated heterocycles. The summed E-state index contributed by atoms with van der Waals surface area (Å²) in [7, 11) is 0. The lowest BCUT2D eigenvalue weighted by atomic mass is 10.0. The highest BCUT2D eigenvalue weighted by atomic mass is 16.6. The Bertz CT molecular complexity index is 795. The molecule has 2 aromatic carbocycles. The molecule has 0 unspecified atom stereocenters. The van der Waals surface area contributed by atoms with Crippen LogP contribution in [0.2, 0.25) is 0 Å². The molecule has 0 N–H and O–H groups in total. The van der Waals surface area contributed by atoms with Crippen LogP contribution in [0.4, 0.5) is 0 Å². The van der Waals surface area contributed by atoms with Gasteiger partial charge in [-0.05, 0) is 18.2 Å². The summed E-state index contributed by atoms with van der Waals surface area (Å²) < 4.78 is 0. The third-order valence-electron chi connectivity index (χ3n) is 3.14. The molecule has 20 heavy (non-hydrogen) atoms. The molecule has 1 heterocycles. The van der Waals surface area contributed by atoms with E-state index < -0.39 is 10.7 Å². The molecule has 98 valence electrons. The Hall–Kier alpha value is -2.89. The fraction of sp³-hybridized carbons (Fsp3) is 0.0714. The fourth-order valence-corrected chi connectivity index (χ4v) is 2.22. The first kappa shape index (κ1) is 12.2. The van der Waals surface area contributed by atoms with E-state index in [-0.39, 0.29) is 11.1 Å². The van der Waals surface area contributed by atoms with Crippen LogP contribution in [0.1, 0.15) is 15.9 Å². The number of nitrogens with zero attached hydrogens (tertiary/aromatic N) is 3. The van der Waals surface area contributed by atoms with E-state index in [0.717, 1.165) is 0 Å².